The van der Waals surface area contributed by atoms with E-state index in [0.29, 0.717) is 13.0 Å². The van der Waals surface area contributed by atoms with Crippen LogP contribution in [0.15, 0.2) is 24.3 Å². The lowest BCUT2D eigenvalue weighted by Gasteiger charge is -2.34. The van der Waals surface area contributed by atoms with E-state index in [4.69, 9.17) is 0 Å². The zero-order valence-electron chi connectivity index (χ0n) is 11.5. The first-order chi connectivity index (χ1) is 9.11. The largest absolute Gasteiger partial charge is 0.345 e. The van der Waals surface area contributed by atoms with E-state index in [0.717, 1.165) is 6.42 Å². The van der Waals surface area contributed by atoms with Crippen molar-refractivity contribution in [1.29, 1.82) is 0 Å². The van der Waals surface area contributed by atoms with Crippen LogP contribution in [0.1, 0.15) is 24.5 Å². The van der Waals surface area contributed by atoms with Crippen molar-refractivity contribution in [1.82, 2.24) is 10.2 Å². The zero-order chi connectivity index (χ0) is 13.8. The Morgan fingerprint density at radius 3 is 2.84 bits per heavy atom. The third-order valence-corrected chi connectivity index (χ3v) is 3.52. The lowest BCUT2D eigenvalue weighted by atomic mass is 10.1. The van der Waals surface area contributed by atoms with Crippen molar-refractivity contribution in [2.45, 2.75) is 32.7 Å². The Balaban J connectivity index is 2.03. The van der Waals surface area contributed by atoms with Crippen molar-refractivity contribution in [3.63, 3.8) is 0 Å². The highest BCUT2D eigenvalue weighted by Crippen LogP contribution is 2.12. The molecule has 4 nitrogen and oxygen atoms in total. The summed E-state index contributed by atoms with van der Waals surface area (Å²) in [5.41, 5.74) is 2.42. The number of carbonyl (C=O) groups is 2. The van der Waals surface area contributed by atoms with E-state index >= 15 is 0 Å². The first-order valence-corrected chi connectivity index (χ1v) is 6.74. The van der Waals surface area contributed by atoms with E-state index in [1.165, 1.54) is 11.1 Å². The van der Waals surface area contributed by atoms with Gasteiger partial charge < -0.3 is 10.2 Å². The van der Waals surface area contributed by atoms with Crippen LogP contribution < -0.4 is 5.32 Å². The van der Waals surface area contributed by atoms with E-state index < -0.39 is 0 Å². The van der Waals surface area contributed by atoms with Crippen molar-refractivity contribution in [3.05, 3.63) is 35.4 Å². The Kier molecular flexibility index (Phi) is 4.20. The lowest BCUT2D eigenvalue weighted by molar-refractivity contribution is -0.145. The molecule has 0 saturated carbocycles. The maximum atomic E-state index is 11.9. The second-order valence-electron chi connectivity index (χ2n) is 4.97. The summed E-state index contributed by atoms with van der Waals surface area (Å²) in [6.07, 6.45) is 1.45. The van der Waals surface area contributed by atoms with E-state index in [-0.39, 0.29) is 24.4 Å². The molecule has 0 spiro atoms. The molecular formula is C15H20N2O2. The Bertz CT molecular complexity index is 485. The van der Waals surface area contributed by atoms with Gasteiger partial charge in [-0.3, -0.25) is 9.59 Å². The van der Waals surface area contributed by atoms with Gasteiger partial charge in [-0.25, -0.2) is 0 Å². The monoisotopic (exact) mass is 260 g/mol. The Morgan fingerprint density at radius 2 is 2.16 bits per heavy atom. The van der Waals surface area contributed by atoms with Gasteiger partial charge >= 0.3 is 0 Å². The normalized spacial score (nSPS) is 19.5. The Hall–Kier alpha value is -1.84. The molecular weight excluding hydrogens is 240 g/mol. The summed E-state index contributed by atoms with van der Waals surface area (Å²) < 4.78 is 0. The van der Waals surface area contributed by atoms with Crippen LogP contribution in [0, 0.1) is 6.92 Å². The number of piperazine rings is 1. The molecule has 1 fully saturated rings. The highest BCUT2D eigenvalue weighted by molar-refractivity contribution is 5.94. The molecule has 4 heteroatoms. The number of hydrogen-bond donors (Lipinski definition) is 1. The van der Waals surface area contributed by atoms with Crippen LogP contribution >= 0.6 is 0 Å². The second-order valence-corrected chi connectivity index (χ2v) is 4.97. The first-order valence-electron chi connectivity index (χ1n) is 6.74. The zero-order valence-corrected chi connectivity index (χ0v) is 11.5. The predicted molar refractivity (Wildman–Crippen MR) is 73.7 cm³/mol. The van der Waals surface area contributed by atoms with Gasteiger partial charge in [0.25, 0.3) is 0 Å². The molecule has 2 rings (SSSR count). The summed E-state index contributed by atoms with van der Waals surface area (Å²) in [6, 6.07) is 7.94. The number of nitrogens with one attached hydrogen (secondary N) is 1. The minimum atomic E-state index is -0.314. The molecule has 0 radical (unpaired) electrons. The molecule has 1 aliphatic rings. The van der Waals surface area contributed by atoms with Crippen molar-refractivity contribution >= 4 is 11.8 Å². The minimum Gasteiger partial charge on any atom is -0.345 e. The lowest BCUT2D eigenvalue weighted by Crippen LogP contribution is -2.58. The highest BCUT2D eigenvalue weighted by Gasteiger charge is 2.32. The van der Waals surface area contributed by atoms with Crippen LogP contribution in [0.2, 0.25) is 0 Å². The van der Waals surface area contributed by atoms with Crippen LogP contribution in [0.3, 0.4) is 0 Å². The fourth-order valence-corrected chi connectivity index (χ4v) is 2.50. The van der Waals surface area contributed by atoms with Gasteiger partial charge in [0.15, 0.2) is 0 Å². The molecule has 1 atom stereocenters. The molecule has 1 heterocycles. The van der Waals surface area contributed by atoms with Gasteiger partial charge in [-0.05, 0) is 25.3 Å². The molecule has 1 saturated heterocycles. The molecule has 0 bridgehead atoms. The summed E-state index contributed by atoms with van der Waals surface area (Å²) in [7, 11) is 0. The minimum absolute atomic E-state index is 0.0131. The number of carbonyl (C=O) groups excluding carboxylic acids is 2. The Labute approximate surface area is 113 Å². The molecule has 2 amide bonds. The molecule has 0 aliphatic carbocycles. The highest BCUT2D eigenvalue weighted by atomic mass is 16.2. The fourth-order valence-electron chi connectivity index (χ4n) is 2.50. The van der Waals surface area contributed by atoms with Crippen LogP contribution in [0.4, 0.5) is 0 Å². The van der Waals surface area contributed by atoms with E-state index in [1.54, 1.807) is 4.90 Å². The predicted octanol–water partition coefficient (Wildman–Crippen LogP) is 1.27. The standard InChI is InChI=1S/C15H20N2O2/c1-3-13-15(19)16-10-14(18)17(13)8-7-12-6-4-5-11(2)9-12/h4-6,9,13H,3,7-8,10H2,1-2H3,(H,16,19). The SMILES string of the molecule is CCC1C(=O)NCC(=O)N1CCc1cccc(C)c1. The molecule has 19 heavy (non-hydrogen) atoms. The van der Waals surface area contributed by atoms with Crippen LogP contribution in [-0.4, -0.2) is 35.8 Å². The molecule has 102 valence electrons. The van der Waals surface area contributed by atoms with E-state index in [1.807, 2.05) is 13.0 Å². The van der Waals surface area contributed by atoms with Crippen molar-refractivity contribution in [3.8, 4) is 0 Å². The quantitative estimate of drug-likeness (QED) is 0.886. The number of rotatable bonds is 4. The average Bonchev–Trinajstić information content (AvgIpc) is 2.39. The van der Waals surface area contributed by atoms with Crippen LogP contribution in [0.25, 0.3) is 0 Å². The van der Waals surface area contributed by atoms with Gasteiger partial charge in [0.05, 0.1) is 6.54 Å². The molecule has 1 unspecified atom stereocenters. The molecule has 1 aromatic rings. The molecule has 1 aliphatic heterocycles. The summed E-state index contributed by atoms with van der Waals surface area (Å²) >= 11 is 0. The molecule has 1 N–H and O–H groups in total. The number of aryl methyl sites for hydroxylation is 1. The summed E-state index contributed by atoms with van der Waals surface area (Å²) in [6.45, 7) is 4.72. The van der Waals surface area contributed by atoms with Gasteiger partial charge in [0.1, 0.15) is 6.04 Å². The molecule has 1 aromatic carbocycles. The number of hydrogen-bond acceptors (Lipinski definition) is 2. The summed E-state index contributed by atoms with van der Waals surface area (Å²) in [5, 5.41) is 2.64. The second kappa shape index (κ2) is 5.87. The maximum absolute atomic E-state index is 11.9. The third-order valence-electron chi connectivity index (χ3n) is 3.52. The summed E-state index contributed by atoms with van der Waals surface area (Å²) in [4.78, 5) is 25.4. The van der Waals surface area contributed by atoms with Gasteiger partial charge in [-0.15, -0.1) is 0 Å². The van der Waals surface area contributed by atoms with Crippen LogP contribution in [0.5, 0.6) is 0 Å². The number of amides is 2. The molecule has 0 aromatic heterocycles. The van der Waals surface area contributed by atoms with E-state index in [2.05, 4.69) is 30.4 Å². The fraction of sp³-hybridized carbons (Fsp3) is 0.467. The smallest absolute Gasteiger partial charge is 0.243 e. The first kappa shape index (κ1) is 13.6. The van der Waals surface area contributed by atoms with Crippen LogP contribution in [-0.2, 0) is 16.0 Å². The van der Waals surface area contributed by atoms with E-state index in [9.17, 15) is 9.59 Å². The summed E-state index contributed by atoms with van der Waals surface area (Å²) in [5.74, 6) is -0.0227. The maximum Gasteiger partial charge on any atom is 0.243 e. The Morgan fingerprint density at radius 1 is 1.37 bits per heavy atom. The van der Waals surface area contributed by atoms with Gasteiger partial charge in [-0.1, -0.05) is 36.8 Å². The van der Waals surface area contributed by atoms with Gasteiger partial charge in [-0.2, -0.15) is 0 Å². The number of benzene rings is 1. The third kappa shape index (κ3) is 3.13. The van der Waals surface area contributed by atoms with Gasteiger partial charge in [0.2, 0.25) is 11.8 Å². The van der Waals surface area contributed by atoms with Crippen molar-refractivity contribution < 1.29 is 9.59 Å². The topological polar surface area (TPSA) is 49.4 Å². The van der Waals surface area contributed by atoms with Crippen molar-refractivity contribution in [2.24, 2.45) is 0 Å². The van der Waals surface area contributed by atoms with Crippen molar-refractivity contribution in [2.75, 3.05) is 13.1 Å². The number of nitrogens with zero attached hydrogens (tertiary/aromatic N) is 1. The van der Waals surface area contributed by atoms with Gasteiger partial charge in [0, 0.05) is 6.54 Å². The average molecular weight is 260 g/mol.